The first-order valence-corrected chi connectivity index (χ1v) is 6.95. The molecule has 0 aliphatic carbocycles. The summed E-state index contributed by atoms with van der Waals surface area (Å²) in [6, 6.07) is 10.4. The van der Waals surface area contributed by atoms with Gasteiger partial charge in [-0.15, -0.1) is 0 Å². The standard InChI is InChI=1S/C16H21N3O/c1-12(2)14-15(17)18-11-19-16(14)20-10-6-9-13-7-4-3-5-8-13/h3-5,7-8,11-12H,6,9-10H2,1-2H3,(H2,17,18,19). The number of nitrogens with two attached hydrogens (primary N) is 1. The topological polar surface area (TPSA) is 61.0 Å². The average molecular weight is 271 g/mol. The van der Waals surface area contributed by atoms with Gasteiger partial charge in [-0.2, -0.15) is 0 Å². The summed E-state index contributed by atoms with van der Waals surface area (Å²) in [4.78, 5) is 8.22. The van der Waals surface area contributed by atoms with Gasteiger partial charge in [0.1, 0.15) is 12.1 Å². The number of rotatable bonds is 6. The summed E-state index contributed by atoms with van der Waals surface area (Å²) in [5.74, 6) is 1.37. The van der Waals surface area contributed by atoms with Crippen LogP contribution in [-0.4, -0.2) is 16.6 Å². The van der Waals surface area contributed by atoms with E-state index in [1.54, 1.807) is 0 Å². The van der Waals surface area contributed by atoms with E-state index < -0.39 is 0 Å². The Labute approximate surface area is 120 Å². The number of nitrogen functional groups attached to an aromatic ring is 1. The van der Waals surface area contributed by atoms with E-state index in [0.717, 1.165) is 18.4 Å². The maximum absolute atomic E-state index is 5.89. The molecule has 4 heteroatoms. The Morgan fingerprint density at radius 3 is 2.60 bits per heavy atom. The summed E-state index contributed by atoms with van der Waals surface area (Å²) in [6.07, 6.45) is 3.40. The molecule has 2 aromatic rings. The second kappa shape index (κ2) is 6.89. The molecule has 0 aliphatic rings. The van der Waals surface area contributed by atoms with Crippen molar-refractivity contribution in [2.75, 3.05) is 12.3 Å². The molecule has 0 atom stereocenters. The number of benzene rings is 1. The lowest BCUT2D eigenvalue weighted by molar-refractivity contribution is 0.294. The maximum Gasteiger partial charge on any atom is 0.222 e. The highest BCUT2D eigenvalue weighted by atomic mass is 16.5. The zero-order valence-corrected chi connectivity index (χ0v) is 12.0. The molecule has 0 spiro atoms. The minimum atomic E-state index is 0.250. The van der Waals surface area contributed by atoms with E-state index in [4.69, 9.17) is 10.5 Å². The van der Waals surface area contributed by atoms with Crippen LogP contribution in [0.2, 0.25) is 0 Å². The molecule has 2 N–H and O–H groups in total. The molecule has 106 valence electrons. The molecular formula is C16H21N3O. The Bertz CT molecular complexity index is 541. The molecule has 0 aliphatic heterocycles. The first-order valence-electron chi connectivity index (χ1n) is 6.95. The predicted octanol–water partition coefficient (Wildman–Crippen LogP) is 3.19. The second-order valence-corrected chi connectivity index (χ2v) is 5.07. The number of hydrogen-bond acceptors (Lipinski definition) is 4. The highest BCUT2D eigenvalue weighted by Gasteiger charge is 2.13. The van der Waals surface area contributed by atoms with Crippen molar-refractivity contribution < 1.29 is 4.74 Å². The number of nitrogens with zero attached hydrogens (tertiary/aromatic N) is 2. The summed E-state index contributed by atoms with van der Waals surface area (Å²) in [6.45, 7) is 4.75. The molecule has 1 aromatic heterocycles. The van der Waals surface area contributed by atoms with Gasteiger partial charge in [-0.25, -0.2) is 9.97 Å². The first-order chi connectivity index (χ1) is 9.68. The van der Waals surface area contributed by atoms with Crippen molar-refractivity contribution in [3.05, 3.63) is 47.8 Å². The van der Waals surface area contributed by atoms with Crippen LogP contribution in [0.4, 0.5) is 5.82 Å². The van der Waals surface area contributed by atoms with Crippen molar-refractivity contribution in [2.24, 2.45) is 0 Å². The minimum absolute atomic E-state index is 0.250. The molecule has 4 nitrogen and oxygen atoms in total. The molecule has 1 heterocycles. The lowest BCUT2D eigenvalue weighted by Crippen LogP contribution is -2.08. The van der Waals surface area contributed by atoms with Gasteiger partial charge in [0, 0.05) is 0 Å². The first kappa shape index (κ1) is 14.3. The van der Waals surface area contributed by atoms with Crippen LogP contribution in [0, 0.1) is 0 Å². The monoisotopic (exact) mass is 271 g/mol. The molecule has 0 amide bonds. The summed E-state index contributed by atoms with van der Waals surface area (Å²) in [5, 5.41) is 0. The molecule has 0 bridgehead atoms. The third kappa shape index (κ3) is 3.70. The van der Waals surface area contributed by atoms with Crippen molar-refractivity contribution in [1.29, 1.82) is 0 Å². The smallest absolute Gasteiger partial charge is 0.222 e. The van der Waals surface area contributed by atoms with Gasteiger partial charge in [0.15, 0.2) is 0 Å². The van der Waals surface area contributed by atoms with E-state index in [2.05, 4.69) is 48.1 Å². The third-order valence-electron chi connectivity index (χ3n) is 3.15. The Morgan fingerprint density at radius 2 is 1.90 bits per heavy atom. The number of hydrogen-bond donors (Lipinski definition) is 1. The summed E-state index contributed by atoms with van der Waals surface area (Å²) < 4.78 is 5.77. The van der Waals surface area contributed by atoms with Gasteiger partial charge in [-0.1, -0.05) is 44.2 Å². The molecule has 2 rings (SSSR count). The van der Waals surface area contributed by atoms with E-state index >= 15 is 0 Å². The van der Waals surface area contributed by atoms with Crippen molar-refractivity contribution >= 4 is 5.82 Å². The zero-order valence-electron chi connectivity index (χ0n) is 12.0. The van der Waals surface area contributed by atoms with Crippen LogP contribution in [0.25, 0.3) is 0 Å². The number of aromatic nitrogens is 2. The van der Waals surface area contributed by atoms with Gasteiger partial charge in [0.25, 0.3) is 0 Å². The summed E-state index contributed by atoms with van der Waals surface area (Å²) >= 11 is 0. The van der Waals surface area contributed by atoms with Gasteiger partial charge >= 0.3 is 0 Å². The van der Waals surface area contributed by atoms with Crippen molar-refractivity contribution in [2.45, 2.75) is 32.6 Å². The van der Waals surface area contributed by atoms with Crippen LogP contribution < -0.4 is 10.5 Å². The fourth-order valence-corrected chi connectivity index (χ4v) is 2.14. The molecule has 1 aromatic carbocycles. The second-order valence-electron chi connectivity index (χ2n) is 5.07. The lowest BCUT2D eigenvalue weighted by atomic mass is 10.1. The molecular weight excluding hydrogens is 250 g/mol. The van der Waals surface area contributed by atoms with Gasteiger partial charge in [-0.05, 0) is 24.3 Å². The molecule has 20 heavy (non-hydrogen) atoms. The van der Waals surface area contributed by atoms with Crippen molar-refractivity contribution in [1.82, 2.24) is 9.97 Å². The summed E-state index contributed by atoms with van der Waals surface area (Å²) in [5.41, 5.74) is 8.10. The quantitative estimate of drug-likeness (QED) is 0.820. The van der Waals surface area contributed by atoms with Gasteiger partial charge in [0.05, 0.1) is 12.2 Å². The van der Waals surface area contributed by atoms with E-state index in [1.165, 1.54) is 11.9 Å². The minimum Gasteiger partial charge on any atom is -0.477 e. The van der Waals surface area contributed by atoms with E-state index in [-0.39, 0.29) is 5.92 Å². The predicted molar refractivity (Wildman–Crippen MR) is 80.8 cm³/mol. The van der Waals surface area contributed by atoms with Crippen LogP contribution in [0.15, 0.2) is 36.7 Å². The number of aryl methyl sites for hydroxylation is 1. The van der Waals surface area contributed by atoms with E-state index in [1.807, 2.05) is 6.07 Å². The largest absolute Gasteiger partial charge is 0.477 e. The van der Waals surface area contributed by atoms with Gasteiger partial charge < -0.3 is 10.5 Å². The van der Waals surface area contributed by atoms with Gasteiger partial charge in [0.2, 0.25) is 5.88 Å². The van der Waals surface area contributed by atoms with Crippen LogP contribution >= 0.6 is 0 Å². The molecule has 0 saturated carbocycles. The third-order valence-corrected chi connectivity index (χ3v) is 3.15. The zero-order chi connectivity index (χ0) is 14.4. The molecule has 0 radical (unpaired) electrons. The van der Waals surface area contributed by atoms with Crippen LogP contribution in [0.1, 0.15) is 37.3 Å². The van der Waals surface area contributed by atoms with E-state index in [0.29, 0.717) is 18.3 Å². The summed E-state index contributed by atoms with van der Waals surface area (Å²) in [7, 11) is 0. The number of ether oxygens (including phenoxy) is 1. The Morgan fingerprint density at radius 1 is 1.15 bits per heavy atom. The fourth-order valence-electron chi connectivity index (χ4n) is 2.14. The Hall–Kier alpha value is -2.10. The maximum atomic E-state index is 5.89. The SMILES string of the molecule is CC(C)c1c(N)ncnc1OCCCc1ccccc1. The van der Waals surface area contributed by atoms with E-state index in [9.17, 15) is 0 Å². The highest BCUT2D eigenvalue weighted by molar-refractivity contribution is 5.46. The molecule has 0 unspecified atom stereocenters. The van der Waals surface area contributed by atoms with Crippen LogP contribution in [0.5, 0.6) is 5.88 Å². The van der Waals surface area contributed by atoms with Gasteiger partial charge in [-0.3, -0.25) is 0 Å². The number of anilines is 1. The van der Waals surface area contributed by atoms with Crippen molar-refractivity contribution in [3.8, 4) is 5.88 Å². The molecule has 0 saturated heterocycles. The van der Waals surface area contributed by atoms with Crippen LogP contribution in [-0.2, 0) is 6.42 Å². The van der Waals surface area contributed by atoms with Crippen LogP contribution in [0.3, 0.4) is 0 Å². The van der Waals surface area contributed by atoms with Crippen molar-refractivity contribution in [3.63, 3.8) is 0 Å². The normalized spacial score (nSPS) is 10.8. The highest BCUT2D eigenvalue weighted by Crippen LogP contribution is 2.27. The Balaban J connectivity index is 1.90. The lowest BCUT2D eigenvalue weighted by Gasteiger charge is -2.14. The molecule has 0 fully saturated rings. The fraction of sp³-hybridized carbons (Fsp3) is 0.375. The Kier molecular flexibility index (Phi) is 4.93. The average Bonchev–Trinajstić information content (AvgIpc) is 2.44.